The SMILES string of the molecule is CSc1nc(C)cc(O[C@H](NC(=O)C(C)(C)C)C(Cl)(Cl)Cl)n1. The predicted molar refractivity (Wildman–Crippen MR) is 90.9 cm³/mol. The molecule has 1 aromatic heterocycles. The standard InChI is InChI=1S/C13H18Cl3N3O2S/c1-7-6-8(18-11(17-7)22-5)21-10(13(14,15)16)19-9(20)12(2,3)4/h6,10H,1-5H3,(H,19,20)/t10-/m0/s1. The Labute approximate surface area is 149 Å². The molecule has 0 aliphatic rings. The lowest BCUT2D eigenvalue weighted by Gasteiger charge is -2.28. The molecule has 0 spiro atoms. The fraction of sp³-hybridized carbons (Fsp3) is 0.615. The minimum atomic E-state index is -1.85. The van der Waals surface area contributed by atoms with E-state index in [2.05, 4.69) is 15.3 Å². The largest absolute Gasteiger partial charge is 0.449 e. The van der Waals surface area contributed by atoms with Crippen LogP contribution in [0.5, 0.6) is 5.88 Å². The van der Waals surface area contributed by atoms with Crippen molar-refractivity contribution in [3.63, 3.8) is 0 Å². The molecular formula is C13H18Cl3N3O2S. The van der Waals surface area contributed by atoms with Gasteiger partial charge in [-0.1, -0.05) is 67.3 Å². The summed E-state index contributed by atoms with van der Waals surface area (Å²) in [6.07, 6.45) is 0.667. The number of hydrogen-bond acceptors (Lipinski definition) is 5. The molecule has 0 radical (unpaired) electrons. The number of nitrogens with zero attached hydrogens (tertiary/aromatic N) is 2. The lowest BCUT2D eigenvalue weighted by molar-refractivity contribution is -0.131. The summed E-state index contributed by atoms with van der Waals surface area (Å²) in [7, 11) is 0. The van der Waals surface area contributed by atoms with Gasteiger partial charge in [0.15, 0.2) is 5.16 Å². The van der Waals surface area contributed by atoms with Gasteiger partial charge in [-0.25, -0.2) is 4.98 Å². The van der Waals surface area contributed by atoms with Gasteiger partial charge >= 0.3 is 0 Å². The Bertz CT molecular complexity index is 544. The summed E-state index contributed by atoms with van der Waals surface area (Å²) in [6.45, 7) is 7.04. The van der Waals surface area contributed by atoms with Crippen molar-refractivity contribution in [3.05, 3.63) is 11.8 Å². The average Bonchev–Trinajstić information content (AvgIpc) is 2.34. The fourth-order valence-electron chi connectivity index (χ4n) is 1.30. The monoisotopic (exact) mass is 385 g/mol. The predicted octanol–water partition coefficient (Wildman–Crippen LogP) is 3.74. The lowest BCUT2D eigenvalue weighted by atomic mass is 9.96. The maximum atomic E-state index is 12.1. The molecule has 0 saturated carbocycles. The van der Waals surface area contributed by atoms with Gasteiger partial charge in [-0.15, -0.1) is 0 Å². The molecule has 1 heterocycles. The summed E-state index contributed by atoms with van der Waals surface area (Å²) in [5.41, 5.74) is 0.0587. The zero-order chi connectivity index (χ0) is 17.1. The number of halogens is 3. The van der Waals surface area contributed by atoms with Gasteiger partial charge < -0.3 is 10.1 Å². The normalized spacial score (nSPS) is 13.6. The molecule has 22 heavy (non-hydrogen) atoms. The molecule has 124 valence electrons. The summed E-state index contributed by atoms with van der Waals surface area (Å²) >= 11 is 19.1. The molecule has 1 atom stereocenters. The van der Waals surface area contributed by atoms with Gasteiger partial charge in [0.2, 0.25) is 21.8 Å². The molecule has 1 rings (SSSR count). The topological polar surface area (TPSA) is 64.1 Å². The minimum absolute atomic E-state index is 0.224. The lowest BCUT2D eigenvalue weighted by Crippen LogP contribution is -2.51. The number of carbonyl (C=O) groups is 1. The van der Waals surface area contributed by atoms with Crippen molar-refractivity contribution in [3.8, 4) is 5.88 Å². The van der Waals surface area contributed by atoms with Crippen molar-refractivity contribution in [2.45, 2.75) is 42.9 Å². The van der Waals surface area contributed by atoms with Gasteiger partial charge in [-0.3, -0.25) is 4.79 Å². The Balaban J connectivity index is 3.00. The number of nitrogens with one attached hydrogen (secondary N) is 1. The molecule has 5 nitrogen and oxygen atoms in total. The number of aryl methyl sites for hydroxylation is 1. The summed E-state index contributed by atoms with van der Waals surface area (Å²) < 4.78 is 3.73. The highest BCUT2D eigenvalue weighted by atomic mass is 35.6. The Hall–Kier alpha value is -0.430. The molecule has 1 amide bonds. The zero-order valence-electron chi connectivity index (χ0n) is 12.9. The van der Waals surface area contributed by atoms with Crippen molar-refractivity contribution in [1.82, 2.24) is 15.3 Å². The van der Waals surface area contributed by atoms with E-state index in [1.54, 1.807) is 33.8 Å². The smallest absolute Gasteiger partial charge is 0.246 e. The quantitative estimate of drug-likeness (QED) is 0.369. The molecule has 0 aromatic carbocycles. The highest BCUT2D eigenvalue weighted by Crippen LogP contribution is 2.32. The average molecular weight is 387 g/mol. The molecule has 0 saturated heterocycles. The van der Waals surface area contributed by atoms with E-state index in [0.717, 1.165) is 0 Å². The van der Waals surface area contributed by atoms with Crippen LogP contribution in [0.4, 0.5) is 0 Å². The summed E-state index contributed by atoms with van der Waals surface area (Å²) in [5, 5.41) is 3.11. The van der Waals surface area contributed by atoms with Gasteiger partial charge in [0.05, 0.1) is 0 Å². The summed E-state index contributed by atoms with van der Waals surface area (Å²) in [4.78, 5) is 20.5. The number of hydrogen-bond donors (Lipinski definition) is 1. The number of thioether (sulfide) groups is 1. The first kappa shape index (κ1) is 19.6. The summed E-state index contributed by atoms with van der Waals surface area (Å²) in [6, 6.07) is 1.60. The Morgan fingerprint density at radius 3 is 2.36 bits per heavy atom. The molecule has 0 bridgehead atoms. The highest BCUT2D eigenvalue weighted by Gasteiger charge is 2.38. The van der Waals surface area contributed by atoms with Crippen molar-refractivity contribution < 1.29 is 9.53 Å². The second-order valence-electron chi connectivity index (χ2n) is 5.60. The van der Waals surface area contributed by atoms with E-state index in [0.29, 0.717) is 10.9 Å². The van der Waals surface area contributed by atoms with Gasteiger partial charge in [0.1, 0.15) is 0 Å². The van der Waals surface area contributed by atoms with Gasteiger partial charge in [0, 0.05) is 17.2 Å². The van der Waals surface area contributed by atoms with E-state index in [4.69, 9.17) is 39.5 Å². The molecule has 0 aliphatic carbocycles. The first-order valence-electron chi connectivity index (χ1n) is 6.37. The minimum Gasteiger partial charge on any atom is -0.449 e. The van der Waals surface area contributed by atoms with Crippen LogP contribution in [0.25, 0.3) is 0 Å². The second-order valence-corrected chi connectivity index (χ2v) is 8.74. The van der Waals surface area contributed by atoms with E-state index in [1.807, 2.05) is 6.26 Å². The van der Waals surface area contributed by atoms with E-state index >= 15 is 0 Å². The number of alkyl halides is 3. The van der Waals surface area contributed by atoms with Crippen LogP contribution in [0.1, 0.15) is 26.5 Å². The molecule has 9 heteroatoms. The first-order valence-corrected chi connectivity index (χ1v) is 8.73. The van der Waals surface area contributed by atoms with Crippen LogP contribution in [0.15, 0.2) is 11.2 Å². The molecule has 1 N–H and O–H groups in total. The van der Waals surface area contributed by atoms with Crippen molar-refractivity contribution in [2.24, 2.45) is 5.41 Å². The maximum absolute atomic E-state index is 12.1. The van der Waals surface area contributed by atoms with Crippen LogP contribution < -0.4 is 10.1 Å². The number of aromatic nitrogens is 2. The Morgan fingerprint density at radius 1 is 1.32 bits per heavy atom. The van der Waals surface area contributed by atoms with Crippen molar-refractivity contribution in [1.29, 1.82) is 0 Å². The number of carbonyl (C=O) groups excluding carboxylic acids is 1. The van der Waals surface area contributed by atoms with E-state index in [1.165, 1.54) is 11.8 Å². The van der Waals surface area contributed by atoms with Crippen LogP contribution in [-0.4, -0.2) is 32.2 Å². The maximum Gasteiger partial charge on any atom is 0.246 e. The Morgan fingerprint density at radius 2 is 1.91 bits per heavy atom. The molecule has 0 fully saturated rings. The van der Waals surface area contributed by atoms with Gasteiger partial charge in [-0.05, 0) is 13.2 Å². The molecule has 0 aliphatic heterocycles. The molecular weight excluding hydrogens is 369 g/mol. The van der Waals surface area contributed by atoms with E-state index in [9.17, 15) is 4.79 Å². The van der Waals surface area contributed by atoms with Crippen molar-refractivity contribution >= 4 is 52.5 Å². The molecule has 0 unspecified atom stereocenters. The number of amides is 1. The van der Waals surface area contributed by atoms with Crippen LogP contribution >= 0.6 is 46.6 Å². The van der Waals surface area contributed by atoms with Crippen LogP contribution in [0.2, 0.25) is 0 Å². The van der Waals surface area contributed by atoms with Crippen molar-refractivity contribution in [2.75, 3.05) is 6.26 Å². The van der Waals surface area contributed by atoms with Crippen LogP contribution in [0.3, 0.4) is 0 Å². The molecule has 1 aromatic rings. The number of ether oxygens (including phenoxy) is 1. The third kappa shape index (κ3) is 5.99. The third-order valence-electron chi connectivity index (χ3n) is 2.47. The van der Waals surface area contributed by atoms with Gasteiger partial charge in [0.25, 0.3) is 0 Å². The zero-order valence-corrected chi connectivity index (χ0v) is 16.0. The van der Waals surface area contributed by atoms with Gasteiger partial charge in [-0.2, -0.15) is 4.98 Å². The van der Waals surface area contributed by atoms with Crippen LogP contribution in [-0.2, 0) is 4.79 Å². The Kier molecular flexibility index (Phi) is 6.62. The second kappa shape index (κ2) is 7.43. The fourth-order valence-corrected chi connectivity index (χ4v) is 2.01. The van der Waals surface area contributed by atoms with E-state index in [-0.39, 0.29) is 11.8 Å². The number of rotatable bonds is 4. The third-order valence-corrected chi connectivity index (χ3v) is 3.61. The first-order chi connectivity index (χ1) is 9.93. The highest BCUT2D eigenvalue weighted by molar-refractivity contribution is 7.98. The van der Waals surface area contributed by atoms with Crippen LogP contribution in [0, 0.1) is 12.3 Å². The summed E-state index contributed by atoms with van der Waals surface area (Å²) in [5.74, 6) is -0.0814. The van der Waals surface area contributed by atoms with E-state index < -0.39 is 15.4 Å².